The minimum Gasteiger partial charge on any atom is -0.462 e. The summed E-state index contributed by atoms with van der Waals surface area (Å²) in [7, 11) is 0. The van der Waals surface area contributed by atoms with Crippen molar-refractivity contribution in [2.75, 3.05) is 13.2 Å². The van der Waals surface area contributed by atoms with Gasteiger partial charge in [-0.3, -0.25) is 9.59 Å². The van der Waals surface area contributed by atoms with E-state index in [0.29, 0.717) is 12.8 Å². The van der Waals surface area contributed by atoms with Crippen LogP contribution >= 0.6 is 0 Å². The lowest BCUT2D eigenvalue weighted by atomic mass is 10.1. The Morgan fingerprint density at radius 3 is 1.19 bits per heavy atom. The molecule has 5 nitrogen and oxygen atoms in total. The fourth-order valence-corrected chi connectivity index (χ4v) is 6.46. The average Bonchev–Trinajstić information content (AvgIpc) is 3.15. The number of aliphatic hydroxyl groups excluding tert-OH is 1. The summed E-state index contributed by atoms with van der Waals surface area (Å²) in [5.41, 5.74) is 0. The molecule has 0 aromatic carbocycles. The van der Waals surface area contributed by atoms with Crippen molar-refractivity contribution >= 4 is 11.9 Å². The molecule has 0 heterocycles. The Kier molecular flexibility index (Phi) is 42.0. The second-order valence-corrected chi connectivity index (χ2v) is 15.1. The molecule has 0 radical (unpaired) electrons. The van der Waals surface area contributed by atoms with Crippen LogP contribution in [-0.2, 0) is 19.1 Å². The molecular formula is C47H86O5. The third-order valence-corrected chi connectivity index (χ3v) is 9.91. The van der Waals surface area contributed by atoms with Gasteiger partial charge in [0.1, 0.15) is 6.61 Å². The van der Waals surface area contributed by atoms with E-state index in [2.05, 4.69) is 50.3 Å². The van der Waals surface area contributed by atoms with Gasteiger partial charge in [-0.2, -0.15) is 0 Å². The zero-order valence-electron chi connectivity index (χ0n) is 34.6. The fraction of sp³-hybridized carbons (Fsp3) is 0.830. The summed E-state index contributed by atoms with van der Waals surface area (Å²) in [6.45, 7) is 4.12. The summed E-state index contributed by atoms with van der Waals surface area (Å²) in [6.07, 6.45) is 53.5. The zero-order chi connectivity index (χ0) is 37.8. The van der Waals surface area contributed by atoms with Crippen molar-refractivity contribution in [2.24, 2.45) is 0 Å². The summed E-state index contributed by atoms with van der Waals surface area (Å²) in [5, 5.41) is 9.59. The molecule has 0 unspecified atom stereocenters. The number of rotatable bonds is 41. The Labute approximate surface area is 323 Å². The van der Waals surface area contributed by atoms with Crippen molar-refractivity contribution in [2.45, 2.75) is 238 Å². The Bertz CT molecular complexity index is 832. The molecule has 0 rings (SSSR count). The van der Waals surface area contributed by atoms with Gasteiger partial charge < -0.3 is 14.6 Å². The monoisotopic (exact) mass is 731 g/mol. The van der Waals surface area contributed by atoms with E-state index in [1.807, 2.05) is 0 Å². The van der Waals surface area contributed by atoms with Gasteiger partial charge in [-0.25, -0.2) is 0 Å². The van der Waals surface area contributed by atoms with Crippen molar-refractivity contribution in [3.8, 4) is 0 Å². The van der Waals surface area contributed by atoms with Gasteiger partial charge in [-0.15, -0.1) is 0 Å². The lowest BCUT2D eigenvalue weighted by molar-refractivity contribution is -0.161. The largest absolute Gasteiger partial charge is 0.462 e. The van der Waals surface area contributed by atoms with Crippen molar-refractivity contribution in [3.05, 3.63) is 36.5 Å². The van der Waals surface area contributed by atoms with E-state index in [-0.39, 0.29) is 25.2 Å². The maximum Gasteiger partial charge on any atom is 0.306 e. The van der Waals surface area contributed by atoms with Crippen molar-refractivity contribution in [1.82, 2.24) is 0 Å². The van der Waals surface area contributed by atoms with Crippen LogP contribution in [0.4, 0.5) is 0 Å². The van der Waals surface area contributed by atoms with Crippen molar-refractivity contribution in [1.29, 1.82) is 0 Å². The second kappa shape index (κ2) is 43.5. The van der Waals surface area contributed by atoms with Crippen LogP contribution < -0.4 is 0 Å². The van der Waals surface area contributed by atoms with Gasteiger partial charge in [-0.05, 0) is 70.6 Å². The summed E-state index contributed by atoms with van der Waals surface area (Å²) in [4.78, 5) is 24.4. The molecule has 1 N–H and O–H groups in total. The first-order valence-corrected chi connectivity index (χ1v) is 22.5. The first-order chi connectivity index (χ1) is 25.6. The highest BCUT2D eigenvalue weighted by Gasteiger charge is 2.16. The van der Waals surface area contributed by atoms with E-state index in [1.54, 1.807) is 0 Å². The number of hydrogen-bond donors (Lipinski definition) is 1. The van der Waals surface area contributed by atoms with Gasteiger partial charge in [-0.1, -0.05) is 185 Å². The molecule has 0 aliphatic heterocycles. The van der Waals surface area contributed by atoms with Gasteiger partial charge in [0.2, 0.25) is 0 Å². The number of carbonyl (C=O) groups is 2. The maximum atomic E-state index is 12.2. The molecule has 0 aromatic rings. The minimum absolute atomic E-state index is 0.0667. The molecule has 0 aliphatic rings. The fourth-order valence-electron chi connectivity index (χ4n) is 6.46. The Morgan fingerprint density at radius 1 is 0.442 bits per heavy atom. The van der Waals surface area contributed by atoms with E-state index in [0.717, 1.165) is 44.9 Å². The average molecular weight is 731 g/mol. The predicted octanol–water partition coefficient (Wildman–Crippen LogP) is 14.4. The second-order valence-electron chi connectivity index (χ2n) is 15.1. The van der Waals surface area contributed by atoms with Crippen LogP contribution in [0, 0.1) is 0 Å². The number of aliphatic hydroxyl groups is 1. The molecular weight excluding hydrogens is 645 g/mol. The normalized spacial score (nSPS) is 12.4. The molecule has 304 valence electrons. The molecule has 1 atom stereocenters. The number of hydrogen-bond acceptors (Lipinski definition) is 5. The van der Waals surface area contributed by atoms with Crippen LogP contribution in [0.25, 0.3) is 0 Å². The van der Waals surface area contributed by atoms with Gasteiger partial charge in [0.05, 0.1) is 6.61 Å². The number of ether oxygens (including phenoxy) is 2. The topological polar surface area (TPSA) is 72.8 Å². The predicted molar refractivity (Wildman–Crippen MR) is 224 cm³/mol. The van der Waals surface area contributed by atoms with Gasteiger partial charge in [0, 0.05) is 12.8 Å². The summed E-state index contributed by atoms with van der Waals surface area (Å²) < 4.78 is 10.6. The molecule has 0 spiro atoms. The van der Waals surface area contributed by atoms with Gasteiger partial charge in [0.15, 0.2) is 6.10 Å². The molecule has 5 heteroatoms. The summed E-state index contributed by atoms with van der Waals surface area (Å²) in [6, 6.07) is 0. The Balaban J connectivity index is 3.52. The lowest BCUT2D eigenvalue weighted by Gasteiger charge is -2.15. The summed E-state index contributed by atoms with van der Waals surface area (Å²) in [5.74, 6) is -0.591. The number of unbranched alkanes of at least 4 members (excludes halogenated alkanes) is 27. The number of esters is 2. The molecule has 52 heavy (non-hydrogen) atoms. The summed E-state index contributed by atoms with van der Waals surface area (Å²) >= 11 is 0. The van der Waals surface area contributed by atoms with Gasteiger partial charge >= 0.3 is 11.9 Å². The van der Waals surface area contributed by atoms with E-state index < -0.39 is 6.10 Å². The van der Waals surface area contributed by atoms with Crippen LogP contribution in [-0.4, -0.2) is 36.4 Å². The molecule has 0 aromatic heterocycles. The number of carbonyl (C=O) groups excluding carboxylic acids is 2. The van der Waals surface area contributed by atoms with Crippen LogP contribution in [0.15, 0.2) is 36.5 Å². The Hall–Kier alpha value is -1.88. The lowest BCUT2D eigenvalue weighted by Crippen LogP contribution is -2.28. The quantitative estimate of drug-likeness (QED) is 0.0385. The number of allylic oxidation sites excluding steroid dienone is 6. The third kappa shape index (κ3) is 40.9. The highest BCUT2D eigenvalue weighted by Crippen LogP contribution is 2.14. The van der Waals surface area contributed by atoms with Crippen LogP contribution in [0.3, 0.4) is 0 Å². The van der Waals surface area contributed by atoms with Gasteiger partial charge in [0.25, 0.3) is 0 Å². The molecule has 0 aliphatic carbocycles. The van der Waals surface area contributed by atoms with E-state index in [1.165, 1.54) is 161 Å². The minimum atomic E-state index is -0.773. The molecule has 0 saturated carbocycles. The van der Waals surface area contributed by atoms with E-state index >= 15 is 0 Å². The zero-order valence-corrected chi connectivity index (χ0v) is 34.6. The smallest absolute Gasteiger partial charge is 0.306 e. The first kappa shape index (κ1) is 50.1. The van der Waals surface area contributed by atoms with E-state index in [9.17, 15) is 14.7 Å². The highest BCUT2D eigenvalue weighted by atomic mass is 16.6. The van der Waals surface area contributed by atoms with Crippen LogP contribution in [0.2, 0.25) is 0 Å². The van der Waals surface area contributed by atoms with Crippen LogP contribution in [0.1, 0.15) is 232 Å². The van der Waals surface area contributed by atoms with Crippen molar-refractivity contribution < 1.29 is 24.2 Å². The SMILES string of the molecule is CCCCC/C=C\C/C=C\CCCCCCCCCCCC(=O)O[C@@H](CO)COC(=O)CCCCCCCCCCC/C=C\CCCCCCCC. The highest BCUT2D eigenvalue weighted by molar-refractivity contribution is 5.70. The maximum absolute atomic E-state index is 12.2. The molecule has 0 saturated heterocycles. The molecule has 0 fully saturated rings. The Morgan fingerprint density at radius 2 is 0.769 bits per heavy atom. The standard InChI is InChI=1S/C47H86O5/c1-3-5-7-9-11-13-15-17-19-21-23-25-27-29-31-33-35-37-39-41-46(49)51-44-45(43-48)52-47(50)42-40-38-36-34-32-30-28-26-24-22-20-18-16-14-12-10-8-6-4-2/h12,14,17-20,45,48H,3-11,13,15-16,21-44H2,1-2H3/b14-12-,19-17-,20-18-/t45-/m0/s1. The molecule has 0 amide bonds. The third-order valence-electron chi connectivity index (χ3n) is 9.91. The first-order valence-electron chi connectivity index (χ1n) is 22.5. The van der Waals surface area contributed by atoms with Crippen molar-refractivity contribution in [3.63, 3.8) is 0 Å². The van der Waals surface area contributed by atoms with E-state index in [4.69, 9.17) is 9.47 Å². The molecule has 0 bridgehead atoms. The van der Waals surface area contributed by atoms with Crippen LogP contribution in [0.5, 0.6) is 0 Å².